The van der Waals surface area contributed by atoms with Gasteiger partial charge in [-0.3, -0.25) is 9.69 Å². The van der Waals surface area contributed by atoms with Crippen LogP contribution in [0.4, 0.5) is 5.82 Å². The average Bonchev–Trinajstić information content (AvgIpc) is 2.73. The van der Waals surface area contributed by atoms with E-state index < -0.39 is 0 Å². The fourth-order valence-electron chi connectivity index (χ4n) is 3.87. The molecule has 0 radical (unpaired) electrons. The van der Waals surface area contributed by atoms with Crippen LogP contribution in [0.15, 0.2) is 47.4 Å². The number of nitrogens with zero attached hydrogens (tertiary/aromatic N) is 4. The molecule has 6 nitrogen and oxygen atoms in total. The Labute approximate surface area is 171 Å². The van der Waals surface area contributed by atoms with Gasteiger partial charge < -0.3 is 14.8 Å². The molecule has 0 bridgehead atoms. The van der Waals surface area contributed by atoms with Gasteiger partial charge in [-0.25, -0.2) is 4.98 Å². The largest absolute Gasteiger partial charge is 0.354 e. The van der Waals surface area contributed by atoms with Crippen LogP contribution in [0, 0.1) is 6.92 Å². The fraction of sp³-hybridized carbons (Fsp3) is 0.391. The van der Waals surface area contributed by atoms with E-state index in [4.69, 9.17) is 0 Å². The first-order valence-electron chi connectivity index (χ1n) is 10.2. The van der Waals surface area contributed by atoms with Crippen molar-refractivity contribution in [1.82, 2.24) is 19.8 Å². The Morgan fingerprint density at radius 1 is 1.07 bits per heavy atom. The Morgan fingerprint density at radius 2 is 1.86 bits per heavy atom. The number of hydrogen-bond acceptors (Lipinski definition) is 5. The van der Waals surface area contributed by atoms with Gasteiger partial charge in [-0.05, 0) is 56.2 Å². The molecule has 1 saturated heterocycles. The van der Waals surface area contributed by atoms with Gasteiger partial charge in [0.1, 0.15) is 5.82 Å². The van der Waals surface area contributed by atoms with Crippen LogP contribution in [-0.2, 0) is 0 Å². The molecule has 152 valence electrons. The summed E-state index contributed by atoms with van der Waals surface area (Å²) in [6, 6.07) is 12.0. The molecule has 2 aromatic heterocycles. The minimum absolute atomic E-state index is 0.0564. The van der Waals surface area contributed by atoms with Crippen LogP contribution in [0.3, 0.4) is 0 Å². The lowest BCUT2D eigenvalue weighted by Crippen LogP contribution is -2.48. The number of nitrogens with one attached hydrogen (secondary N) is 1. The van der Waals surface area contributed by atoms with Crippen molar-refractivity contribution in [2.24, 2.45) is 0 Å². The van der Waals surface area contributed by atoms with Crippen LogP contribution in [0.5, 0.6) is 0 Å². The van der Waals surface area contributed by atoms with Crippen molar-refractivity contribution in [3.05, 3.63) is 58.5 Å². The molecule has 6 heteroatoms. The van der Waals surface area contributed by atoms with Crippen molar-refractivity contribution >= 4 is 16.6 Å². The number of aryl methyl sites for hydroxylation is 1. The lowest BCUT2D eigenvalue weighted by atomic mass is 10.0. The van der Waals surface area contributed by atoms with E-state index in [1.165, 1.54) is 0 Å². The number of aromatic nitrogens is 2. The van der Waals surface area contributed by atoms with Crippen LogP contribution in [0.2, 0.25) is 0 Å². The number of rotatable bonds is 5. The number of likely N-dealkylation sites (N-methyl/N-ethyl adjacent to an activating group) is 1. The molecular formula is C23H29N5O. The third kappa shape index (κ3) is 4.33. The lowest BCUT2D eigenvalue weighted by Gasteiger charge is -2.35. The van der Waals surface area contributed by atoms with E-state index >= 15 is 0 Å². The highest BCUT2D eigenvalue weighted by Gasteiger charge is 2.18. The third-order valence-corrected chi connectivity index (χ3v) is 5.72. The molecule has 1 aromatic carbocycles. The second kappa shape index (κ2) is 8.35. The summed E-state index contributed by atoms with van der Waals surface area (Å²) in [6.45, 7) is 8.35. The van der Waals surface area contributed by atoms with Gasteiger partial charge in [-0.15, -0.1) is 0 Å². The molecule has 29 heavy (non-hydrogen) atoms. The molecule has 1 aliphatic heterocycles. The van der Waals surface area contributed by atoms with E-state index in [2.05, 4.69) is 50.9 Å². The lowest BCUT2D eigenvalue weighted by molar-refractivity contribution is 0.229. The SMILES string of the molecule is Cc1cccc2c(=O)[nH]c(-c3ccc(N4CCN(CCN(C)C)CC4)nc3)cc12. The first-order valence-corrected chi connectivity index (χ1v) is 10.2. The van der Waals surface area contributed by atoms with Crippen LogP contribution in [0.1, 0.15) is 5.56 Å². The predicted molar refractivity (Wildman–Crippen MR) is 120 cm³/mol. The second-order valence-corrected chi connectivity index (χ2v) is 8.09. The molecule has 0 amide bonds. The molecule has 4 rings (SSSR count). The van der Waals surface area contributed by atoms with Gasteiger partial charge in [-0.1, -0.05) is 12.1 Å². The minimum Gasteiger partial charge on any atom is -0.354 e. The summed E-state index contributed by atoms with van der Waals surface area (Å²) in [7, 11) is 4.23. The Bertz CT molecular complexity index is 1030. The predicted octanol–water partition coefficient (Wildman–Crippen LogP) is 2.58. The smallest absolute Gasteiger partial charge is 0.256 e. The molecule has 3 heterocycles. The molecule has 0 aliphatic carbocycles. The van der Waals surface area contributed by atoms with Crippen molar-refractivity contribution < 1.29 is 0 Å². The Hall–Kier alpha value is -2.70. The Kier molecular flexibility index (Phi) is 5.65. The van der Waals surface area contributed by atoms with Gasteiger partial charge in [0.25, 0.3) is 5.56 Å². The number of benzene rings is 1. The van der Waals surface area contributed by atoms with Crippen LogP contribution in [-0.4, -0.2) is 73.1 Å². The van der Waals surface area contributed by atoms with Gasteiger partial charge in [0.05, 0.1) is 5.69 Å². The number of pyridine rings is 2. The number of fused-ring (bicyclic) bond motifs is 1. The molecule has 1 N–H and O–H groups in total. The molecule has 0 atom stereocenters. The van der Waals surface area contributed by atoms with Crippen LogP contribution >= 0.6 is 0 Å². The first kappa shape index (κ1) is 19.6. The Morgan fingerprint density at radius 3 is 2.55 bits per heavy atom. The maximum Gasteiger partial charge on any atom is 0.256 e. The summed E-state index contributed by atoms with van der Waals surface area (Å²) in [6.07, 6.45) is 1.86. The van der Waals surface area contributed by atoms with Crippen molar-refractivity contribution in [3.8, 4) is 11.3 Å². The monoisotopic (exact) mass is 391 g/mol. The van der Waals surface area contributed by atoms with Crippen LogP contribution in [0.25, 0.3) is 22.0 Å². The summed E-state index contributed by atoms with van der Waals surface area (Å²) < 4.78 is 0. The van der Waals surface area contributed by atoms with Gasteiger partial charge in [0.2, 0.25) is 0 Å². The third-order valence-electron chi connectivity index (χ3n) is 5.72. The van der Waals surface area contributed by atoms with Crippen molar-refractivity contribution in [2.75, 3.05) is 58.3 Å². The van der Waals surface area contributed by atoms with E-state index in [9.17, 15) is 4.79 Å². The zero-order valence-corrected chi connectivity index (χ0v) is 17.5. The average molecular weight is 392 g/mol. The number of H-pyrrole nitrogens is 1. The van der Waals surface area contributed by atoms with Crippen molar-refractivity contribution in [3.63, 3.8) is 0 Å². The second-order valence-electron chi connectivity index (χ2n) is 8.09. The summed E-state index contributed by atoms with van der Waals surface area (Å²) in [5.41, 5.74) is 2.79. The molecule has 0 unspecified atom stereocenters. The number of piperazine rings is 1. The molecule has 0 saturated carbocycles. The van der Waals surface area contributed by atoms with Gasteiger partial charge in [-0.2, -0.15) is 0 Å². The molecule has 0 spiro atoms. The van der Waals surface area contributed by atoms with Crippen molar-refractivity contribution in [2.45, 2.75) is 6.92 Å². The maximum absolute atomic E-state index is 12.5. The van der Waals surface area contributed by atoms with Gasteiger partial charge in [0.15, 0.2) is 0 Å². The van der Waals surface area contributed by atoms with E-state index in [1.54, 1.807) is 0 Å². The van der Waals surface area contributed by atoms with E-state index in [0.29, 0.717) is 0 Å². The first-order chi connectivity index (χ1) is 14.0. The maximum atomic E-state index is 12.5. The molecular weight excluding hydrogens is 362 g/mol. The summed E-state index contributed by atoms with van der Waals surface area (Å²) in [5, 5.41) is 1.72. The van der Waals surface area contributed by atoms with E-state index in [-0.39, 0.29) is 5.56 Å². The highest BCUT2D eigenvalue weighted by molar-refractivity contribution is 5.87. The van der Waals surface area contributed by atoms with Crippen LogP contribution < -0.4 is 10.5 Å². The quantitative estimate of drug-likeness (QED) is 0.725. The topological polar surface area (TPSA) is 55.5 Å². The zero-order chi connectivity index (χ0) is 20.4. The van der Waals surface area contributed by atoms with Crippen molar-refractivity contribution in [1.29, 1.82) is 0 Å². The fourth-order valence-corrected chi connectivity index (χ4v) is 3.87. The van der Waals surface area contributed by atoms with E-state index in [0.717, 1.165) is 72.7 Å². The number of hydrogen-bond donors (Lipinski definition) is 1. The minimum atomic E-state index is -0.0564. The van der Waals surface area contributed by atoms with E-state index in [1.807, 2.05) is 37.4 Å². The summed E-state index contributed by atoms with van der Waals surface area (Å²) in [5.74, 6) is 1.00. The highest BCUT2D eigenvalue weighted by atomic mass is 16.1. The van der Waals surface area contributed by atoms with Gasteiger partial charge >= 0.3 is 0 Å². The molecule has 1 fully saturated rings. The molecule has 1 aliphatic rings. The number of anilines is 1. The summed E-state index contributed by atoms with van der Waals surface area (Å²) in [4.78, 5) is 27.2. The summed E-state index contributed by atoms with van der Waals surface area (Å²) >= 11 is 0. The van der Waals surface area contributed by atoms with Gasteiger partial charge in [0, 0.05) is 56.4 Å². The standard InChI is InChI=1S/C23H29N5O/c1-17-5-4-6-19-20(17)15-21(25-23(19)29)18-7-8-22(24-16-18)28-13-11-27(12-14-28)10-9-26(2)3/h4-8,15-16H,9-14H2,1-3H3,(H,25,29). The molecule has 3 aromatic rings. The normalized spacial score (nSPS) is 15.4. The highest BCUT2D eigenvalue weighted by Crippen LogP contribution is 2.23. The number of aromatic amines is 1. The Balaban J connectivity index is 1.48. The zero-order valence-electron chi connectivity index (χ0n) is 17.5.